The zero-order chi connectivity index (χ0) is 10.8. The second kappa shape index (κ2) is 4.95. The maximum Gasteiger partial charge on any atom is 0.116 e. The lowest BCUT2D eigenvalue weighted by Gasteiger charge is -2.07. The second-order valence-electron chi connectivity index (χ2n) is 2.75. The molecule has 1 aromatic heterocycles. The summed E-state index contributed by atoms with van der Waals surface area (Å²) in [7, 11) is 0. The molecule has 1 heterocycles. The largest absolute Gasteiger partial charge is 0.238 e. The quantitative estimate of drug-likeness (QED) is 0.645. The predicted molar refractivity (Wildman–Crippen MR) is 75.6 cm³/mol. The van der Waals surface area contributed by atoms with Gasteiger partial charge >= 0.3 is 0 Å². The lowest BCUT2D eigenvalue weighted by atomic mass is 10.1. The number of rotatable bonds is 2. The molecule has 0 spiro atoms. The number of nitrogens with zero attached hydrogens (tertiary/aromatic N) is 2. The van der Waals surface area contributed by atoms with Crippen molar-refractivity contribution in [2.24, 2.45) is 0 Å². The van der Waals surface area contributed by atoms with Gasteiger partial charge in [-0.3, -0.25) is 0 Å². The Bertz CT molecular complexity index is 456. The molecule has 0 saturated heterocycles. The first-order valence-corrected chi connectivity index (χ1v) is 7.01. The molecule has 0 radical (unpaired) electrons. The molecule has 0 N–H and O–H groups in total. The summed E-state index contributed by atoms with van der Waals surface area (Å²) >= 11 is 11.6. The van der Waals surface area contributed by atoms with Crippen LogP contribution in [0, 0.1) is 0 Å². The molecule has 0 fully saturated rings. The Kier molecular flexibility index (Phi) is 3.82. The van der Waals surface area contributed by atoms with Gasteiger partial charge in [0.2, 0.25) is 0 Å². The van der Waals surface area contributed by atoms with Gasteiger partial charge in [0.25, 0.3) is 0 Å². The monoisotopic (exact) mass is 410 g/mol. The number of hydrogen-bond acceptors (Lipinski definition) is 3. The third-order valence-corrected chi connectivity index (χ3v) is 3.99. The maximum absolute atomic E-state index is 4.40. The summed E-state index contributed by atoms with van der Waals surface area (Å²) in [6.07, 6.45) is 0. The molecule has 0 unspecified atom stereocenters. The van der Waals surface area contributed by atoms with E-state index in [4.69, 9.17) is 0 Å². The second-order valence-corrected chi connectivity index (χ2v) is 7.21. The van der Waals surface area contributed by atoms with Gasteiger partial charge < -0.3 is 0 Å². The number of aromatic nitrogens is 1. The highest BCUT2D eigenvalue weighted by molar-refractivity contribution is 9.25. The van der Waals surface area contributed by atoms with Crippen molar-refractivity contribution in [1.29, 1.82) is 0 Å². The van der Waals surface area contributed by atoms with Gasteiger partial charge in [0.05, 0.1) is 32.3 Å². The molecule has 0 amide bonds. The van der Waals surface area contributed by atoms with E-state index in [0.717, 1.165) is 20.7 Å². The van der Waals surface area contributed by atoms with Crippen LogP contribution < -0.4 is 2.95 Å². The van der Waals surface area contributed by atoms with Crippen LogP contribution in [0.25, 0.3) is 11.3 Å². The average molecular weight is 413 g/mol. The minimum absolute atomic E-state index is 0.946. The third-order valence-electron chi connectivity index (χ3n) is 1.84. The van der Waals surface area contributed by atoms with E-state index in [9.17, 15) is 0 Å². The lowest BCUT2D eigenvalue weighted by molar-refractivity contribution is 1.51. The molecule has 15 heavy (non-hydrogen) atoms. The van der Waals surface area contributed by atoms with Crippen LogP contribution in [0.15, 0.2) is 34.1 Å². The first kappa shape index (κ1) is 11.6. The van der Waals surface area contributed by atoms with E-state index in [1.807, 2.05) is 30.3 Å². The normalized spacial score (nSPS) is 10.3. The van der Waals surface area contributed by atoms with Crippen LogP contribution in [0.1, 0.15) is 0 Å². The number of halogens is 3. The van der Waals surface area contributed by atoms with Crippen molar-refractivity contribution >= 4 is 65.4 Å². The predicted octanol–water partition coefficient (Wildman–Crippen LogP) is 5.00. The highest BCUT2D eigenvalue weighted by Gasteiger charge is 2.16. The van der Waals surface area contributed by atoms with Crippen LogP contribution in [0.5, 0.6) is 0 Å². The van der Waals surface area contributed by atoms with E-state index < -0.39 is 0 Å². The van der Waals surface area contributed by atoms with Gasteiger partial charge in [-0.1, -0.05) is 30.3 Å². The molecule has 2 rings (SSSR count). The van der Waals surface area contributed by atoms with Crippen molar-refractivity contribution < 1.29 is 0 Å². The highest BCUT2D eigenvalue weighted by Crippen LogP contribution is 2.42. The molecule has 6 heteroatoms. The molecule has 2 aromatic rings. The van der Waals surface area contributed by atoms with Crippen LogP contribution >= 0.6 is 59.8 Å². The molecule has 0 bridgehead atoms. The van der Waals surface area contributed by atoms with Crippen molar-refractivity contribution in [3.05, 3.63) is 34.1 Å². The summed E-state index contributed by atoms with van der Waals surface area (Å²) in [6, 6.07) is 10.1. The van der Waals surface area contributed by atoms with Crippen molar-refractivity contribution in [3.8, 4) is 11.3 Å². The minimum atomic E-state index is 0.946. The SMILES string of the molecule is Brc1snc(-c2ccccc2)c1N(Br)Br. The zero-order valence-corrected chi connectivity index (χ0v) is 12.9. The summed E-state index contributed by atoms with van der Waals surface area (Å²) in [6.45, 7) is 0. The molecule has 0 aliphatic heterocycles. The van der Waals surface area contributed by atoms with Gasteiger partial charge in [-0.15, -0.1) is 0 Å². The Balaban J connectivity index is 2.54. The van der Waals surface area contributed by atoms with Crippen molar-refractivity contribution in [3.63, 3.8) is 0 Å². The first-order valence-electron chi connectivity index (χ1n) is 4.02. The third kappa shape index (κ3) is 2.43. The van der Waals surface area contributed by atoms with Crippen LogP contribution in [0.2, 0.25) is 0 Å². The molecule has 0 aliphatic carbocycles. The van der Waals surface area contributed by atoms with Gasteiger partial charge in [-0.05, 0) is 27.5 Å². The standard InChI is InChI=1S/C9H5Br3N2S/c10-9-8(14(11)12)7(13-15-9)6-4-2-1-3-5-6/h1-5H. The van der Waals surface area contributed by atoms with E-state index in [1.165, 1.54) is 11.5 Å². The fourth-order valence-corrected chi connectivity index (χ4v) is 3.82. The minimum Gasteiger partial charge on any atom is -0.238 e. The number of hydrogen-bond donors (Lipinski definition) is 0. The van der Waals surface area contributed by atoms with Gasteiger partial charge in [0.15, 0.2) is 0 Å². The molecule has 1 aromatic carbocycles. The summed E-state index contributed by atoms with van der Waals surface area (Å²) in [5, 5.41) is 0. The molecule has 0 aliphatic rings. The fraction of sp³-hybridized carbons (Fsp3) is 0. The molecule has 0 atom stereocenters. The number of benzene rings is 1. The summed E-state index contributed by atoms with van der Waals surface area (Å²) in [4.78, 5) is 0. The van der Waals surface area contributed by atoms with E-state index in [-0.39, 0.29) is 0 Å². The van der Waals surface area contributed by atoms with Crippen LogP contribution in [-0.4, -0.2) is 4.37 Å². The smallest absolute Gasteiger partial charge is 0.116 e. The molecule has 78 valence electrons. The van der Waals surface area contributed by atoms with Crippen LogP contribution in [-0.2, 0) is 0 Å². The van der Waals surface area contributed by atoms with Crippen molar-refractivity contribution in [2.75, 3.05) is 2.95 Å². The maximum atomic E-state index is 4.40. The zero-order valence-electron chi connectivity index (χ0n) is 7.32. The van der Waals surface area contributed by atoms with Gasteiger partial charge in [-0.2, -0.15) is 4.37 Å². The van der Waals surface area contributed by atoms with E-state index in [0.29, 0.717) is 0 Å². The van der Waals surface area contributed by atoms with Crippen molar-refractivity contribution in [2.45, 2.75) is 0 Å². The Morgan fingerprint density at radius 3 is 2.40 bits per heavy atom. The molecular formula is C9H5Br3N2S. The fourth-order valence-electron chi connectivity index (χ4n) is 1.20. The topological polar surface area (TPSA) is 16.1 Å². The molecule has 2 nitrogen and oxygen atoms in total. The van der Waals surface area contributed by atoms with Crippen LogP contribution in [0.3, 0.4) is 0 Å². The summed E-state index contributed by atoms with van der Waals surface area (Å²) in [5.74, 6) is 0. The Labute approximate surface area is 117 Å². The lowest BCUT2D eigenvalue weighted by Crippen LogP contribution is -1.91. The van der Waals surface area contributed by atoms with Gasteiger partial charge in [0.1, 0.15) is 15.2 Å². The van der Waals surface area contributed by atoms with Gasteiger partial charge in [0, 0.05) is 5.56 Å². The molecular weight excluding hydrogens is 408 g/mol. The van der Waals surface area contributed by atoms with Gasteiger partial charge in [-0.25, -0.2) is 2.95 Å². The first-order chi connectivity index (χ1) is 7.20. The average Bonchev–Trinajstić information content (AvgIpc) is 2.61. The Morgan fingerprint density at radius 2 is 1.80 bits per heavy atom. The molecule has 0 saturated carbocycles. The summed E-state index contributed by atoms with van der Waals surface area (Å²) in [5.41, 5.74) is 3.02. The van der Waals surface area contributed by atoms with Crippen LogP contribution in [0.4, 0.5) is 5.69 Å². The van der Waals surface area contributed by atoms with E-state index >= 15 is 0 Å². The van der Waals surface area contributed by atoms with E-state index in [1.54, 1.807) is 2.95 Å². The number of anilines is 1. The Morgan fingerprint density at radius 1 is 1.13 bits per heavy atom. The summed E-state index contributed by atoms with van der Waals surface area (Å²) < 4.78 is 7.09. The Hall–Kier alpha value is 0.0900. The van der Waals surface area contributed by atoms with Crippen molar-refractivity contribution in [1.82, 2.24) is 4.37 Å². The highest BCUT2D eigenvalue weighted by atomic mass is 79.9. The van der Waals surface area contributed by atoms with E-state index in [2.05, 4.69) is 52.6 Å².